The molecular formula is C25H40N2O. The molecule has 8 atom stereocenters. The first-order valence-corrected chi connectivity index (χ1v) is 11.8. The Kier molecular flexibility index (Phi) is 6.30. The van der Waals surface area contributed by atoms with E-state index in [9.17, 15) is 5.11 Å². The van der Waals surface area contributed by atoms with Crippen LogP contribution in [0.1, 0.15) is 71.1 Å². The van der Waals surface area contributed by atoms with E-state index in [0.29, 0.717) is 0 Å². The quantitative estimate of drug-likeness (QED) is 0.511. The fraction of sp³-hybridized carbons (Fsp3) is 0.800. The lowest BCUT2D eigenvalue weighted by atomic mass is 9.56. The molecule has 0 spiro atoms. The Morgan fingerprint density at radius 2 is 1.93 bits per heavy atom. The van der Waals surface area contributed by atoms with Crippen LogP contribution in [0.3, 0.4) is 0 Å². The fourth-order valence-corrected chi connectivity index (χ4v) is 7.62. The zero-order valence-electron chi connectivity index (χ0n) is 17.9. The fourth-order valence-electron chi connectivity index (χ4n) is 7.62. The third-order valence-electron chi connectivity index (χ3n) is 8.92. The van der Waals surface area contributed by atoms with Crippen molar-refractivity contribution in [3.63, 3.8) is 0 Å². The van der Waals surface area contributed by atoms with Gasteiger partial charge in [-0.2, -0.15) is 0 Å². The van der Waals surface area contributed by atoms with E-state index in [1.165, 1.54) is 50.5 Å². The van der Waals surface area contributed by atoms with Crippen molar-refractivity contribution in [2.45, 2.75) is 77.2 Å². The van der Waals surface area contributed by atoms with Crippen molar-refractivity contribution >= 4 is 6.21 Å². The van der Waals surface area contributed by atoms with Crippen molar-refractivity contribution in [3.05, 3.63) is 23.4 Å². The molecule has 0 heterocycles. The third-order valence-corrected chi connectivity index (χ3v) is 8.92. The largest absolute Gasteiger partial charge is 0.404 e. The molecule has 156 valence electrons. The molecule has 0 amide bonds. The molecule has 4 aliphatic carbocycles. The summed E-state index contributed by atoms with van der Waals surface area (Å²) in [6.45, 7) is 2.48. The van der Waals surface area contributed by atoms with Gasteiger partial charge in [-0.3, -0.25) is 4.99 Å². The second-order valence-electron chi connectivity index (χ2n) is 10.2. The molecule has 4 aliphatic rings. The predicted octanol–water partition coefficient (Wildman–Crippen LogP) is 5.11. The lowest BCUT2D eigenvalue weighted by molar-refractivity contribution is 0.0283. The van der Waals surface area contributed by atoms with E-state index in [0.717, 1.165) is 60.7 Å². The number of aliphatic hydroxyl groups excluding tert-OH is 1. The van der Waals surface area contributed by atoms with Crippen LogP contribution >= 0.6 is 0 Å². The smallest absolute Gasteiger partial charge is 0.0577 e. The SMILES string of the molecule is CN=C/C(=C\N)CCC(C)C1CCC2C1CCC1C3CCC(O)CC3=CCC12. The number of fused-ring (bicyclic) bond motifs is 5. The summed E-state index contributed by atoms with van der Waals surface area (Å²) in [5.41, 5.74) is 8.55. The molecule has 0 aromatic carbocycles. The van der Waals surface area contributed by atoms with Crippen molar-refractivity contribution in [2.75, 3.05) is 7.05 Å². The van der Waals surface area contributed by atoms with Crippen LogP contribution in [0.2, 0.25) is 0 Å². The molecule has 0 radical (unpaired) electrons. The summed E-state index contributed by atoms with van der Waals surface area (Å²) in [5.74, 6) is 6.23. The maximum Gasteiger partial charge on any atom is 0.0577 e. The second-order valence-corrected chi connectivity index (χ2v) is 10.2. The summed E-state index contributed by atoms with van der Waals surface area (Å²) < 4.78 is 0. The number of nitrogens with two attached hydrogens (primary N) is 1. The van der Waals surface area contributed by atoms with Crippen molar-refractivity contribution in [3.8, 4) is 0 Å². The number of rotatable bonds is 5. The first-order valence-electron chi connectivity index (χ1n) is 11.8. The van der Waals surface area contributed by atoms with E-state index in [-0.39, 0.29) is 6.10 Å². The number of aliphatic imine (C=N–C) groups is 1. The standard InChI is InChI=1S/C25H40N2O/c1-16(3-4-17(14-26)15-27-2)20-9-10-25-22(20)11-12-23-21-8-6-19(28)13-18(21)5-7-24(23)25/h5,14-16,19-25,28H,3-4,6-13,26H2,1-2H3/b17-14-,27-15?. The molecule has 0 saturated heterocycles. The topological polar surface area (TPSA) is 58.6 Å². The van der Waals surface area contributed by atoms with Crippen molar-refractivity contribution in [2.24, 2.45) is 52.2 Å². The molecule has 3 fully saturated rings. The first kappa shape index (κ1) is 20.2. The van der Waals surface area contributed by atoms with Crippen molar-refractivity contribution in [1.29, 1.82) is 0 Å². The molecule has 0 bridgehead atoms. The summed E-state index contributed by atoms with van der Waals surface area (Å²) >= 11 is 0. The Labute approximate surface area is 171 Å². The van der Waals surface area contributed by atoms with Crippen molar-refractivity contribution in [1.82, 2.24) is 0 Å². The van der Waals surface area contributed by atoms with E-state index in [2.05, 4.69) is 18.0 Å². The van der Waals surface area contributed by atoms with E-state index in [1.54, 1.807) is 11.8 Å². The molecule has 3 nitrogen and oxygen atoms in total. The maximum atomic E-state index is 10.1. The number of hydrogen-bond donors (Lipinski definition) is 2. The minimum atomic E-state index is -0.0719. The average molecular weight is 385 g/mol. The van der Waals surface area contributed by atoms with Gasteiger partial charge < -0.3 is 10.8 Å². The Morgan fingerprint density at radius 1 is 1.14 bits per heavy atom. The summed E-state index contributed by atoms with van der Waals surface area (Å²) in [5, 5.41) is 10.1. The van der Waals surface area contributed by atoms with Crippen LogP contribution in [0, 0.1) is 41.4 Å². The lowest BCUT2D eigenvalue weighted by Crippen LogP contribution is -2.42. The zero-order valence-corrected chi connectivity index (χ0v) is 17.9. The first-order chi connectivity index (χ1) is 13.6. The molecule has 28 heavy (non-hydrogen) atoms. The summed E-state index contributed by atoms with van der Waals surface area (Å²) in [6.07, 6.45) is 18.7. The Bertz CT molecular complexity index is 636. The van der Waals surface area contributed by atoms with Gasteiger partial charge in [0.15, 0.2) is 0 Å². The van der Waals surface area contributed by atoms with Gasteiger partial charge in [0.25, 0.3) is 0 Å². The Hall–Kier alpha value is -1.09. The Morgan fingerprint density at radius 3 is 2.71 bits per heavy atom. The maximum absolute atomic E-state index is 10.1. The van der Waals surface area contributed by atoms with Gasteiger partial charge in [-0.15, -0.1) is 0 Å². The highest BCUT2D eigenvalue weighted by atomic mass is 16.3. The molecule has 0 aromatic heterocycles. The molecule has 3 N–H and O–H groups in total. The van der Waals surface area contributed by atoms with Crippen LogP contribution in [0.15, 0.2) is 28.4 Å². The van der Waals surface area contributed by atoms with E-state index < -0.39 is 0 Å². The zero-order chi connectivity index (χ0) is 19.7. The monoisotopic (exact) mass is 384 g/mol. The van der Waals surface area contributed by atoms with Gasteiger partial charge in [0.1, 0.15) is 0 Å². The number of nitrogens with zero attached hydrogens (tertiary/aromatic N) is 1. The molecule has 8 unspecified atom stereocenters. The van der Waals surface area contributed by atoms with E-state index >= 15 is 0 Å². The van der Waals surface area contributed by atoms with Gasteiger partial charge in [0.2, 0.25) is 0 Å². The second kappa shape index (κ2) is 8.73. The third kappa shape index (κ3) is 3.84. The predicted molar refractivity (Wildman–Crippen MR) is 117 cm³/mol. The number of hydrogen-bond acceptors (Lipinski definition) is 3. The summed E-state index contributed by atoms with van der Waals surface area (Å²) in [6, 6.07) is 0. The molecular weight excluding hydrogens is 344 g/mol. The van der Waals surface area contributed by atoms with Crippen LogP contribution in [-0.4, -0.2) is 24.5 Å². The van der Waals surface area contributed by atoms with Crippen LogP contribution in [-0.2, 0) is 0 Å². The van der Waals surface area contributed by atoms with Gasteiger partial charge in [-0.25, -0.2) is 0 Å². The average Bonchev–Trinajstić information content (AvgIpc) is 3.14. The van der Waals surface area contributed by atoms with Crippen LogP contribution < -0.4 is 5.73 Å². The minimum absolute atomic E-state index is 0.0719. The van der Waals surface area contributed by atoms with E-state index in [4.69, 9.17) is 5.73 Å². The lowest BCUT2D eigenvalue weighted by Gasteiger charge is -2.50. The van der Waals surface area contributed by atoms with Crippen LogP contribution in [0.5, 0.6) is 0 Å². The van der Waals surface area contributed by atoms with Crippen molar-refractivity contribution < 1.29 is 5.11 Å². The van der Waals surface area contributed by atoms with Gasteiger partial charge >= 0.3 is 0 Å². The number of allylic oxidation sites excluding steroid dienone is 2. The molecule has 3 saturated carbocycles. The number of aliphatic hydroxyl groups is 1. The highest BCUT2D eigenvalue weighted by Gasteiger charge is 2.50. The van der Waals surface area contributed by atoms with Gasteiger partial charge in [-0.05, 0) is 117 Å². The normalized spacial score (nSPS) is 41.9. The molecule has 0 aliphatic heterocycles. The minimum Gasteiger partial charge on any atom is -0.404 e. The van der Waals surface area contributed by atoms with Crippen LogP contribution in [0.4, 0.5) is 0 Å². The summed E-state index contributed by atoms with van der Waals surface area (Å²) in [7, 11) is 1.82. The van der Waals surface area contributed by atoms with Gasteiger partial charge in [0, 0.05) is 13.3 Å². The van der Waals surface area contributed by atoms with E-state index in [1.807, 2.05) is 13.3 Å². The van der Waals surface area contributed by atoms with Gasteiger partial charge in [-0.1, -0.05) is 18.6 Å². The highest BCUT2D eigenvalue weighted by molar-refractivity contribution is 5.78. The highest BCUT2D eigenvalue weighted by Crippen LogP contribution is 2.59. The van der Waals surface area contributed by atoms with Gasteiger partial charge in [0.05, 0.1) is 6.10 Å². The molecule has 4 rings (SSSR count). The summed E-state index contributed by atoms with van der Waals surface area (Å²) in [4.78, 5) is 4.14. The molecule has 0 aromatic rings. The molecule has 3 heteroatoms. The van der Waals surface area contributed by atoms with Crippen LogP contribution in [0.25, 0.3) is 0 Å². The Balaban J connectivity index is 1.39.